The Balaban J connectivity index is 3.19. The van der Waals surface area contributed by atoms with E-state index in [1.807, 2.05) is 0 Å². The van der Waals surface area contributed by atoms with E-state index in [0.717, 1.165) is 0 Å². The van der Waals surface area contributed by atoms with E-state index in [-0.39, 0.29) is 18.0 Å². The molecule has 17 heavy (non-hydrogen) atoms. The van der Waals surface area contributed by atoms with E-state index in [1.165, 1.54) is 15.2 Å². The summed E-state index contributed by atoms with van der Waals surface area (Å²) < 4.78 is 27.4. The van der Waals surface area contributed by atoms with Crippen LogP contribution < -0.4 is 0 Å². The first-order chi connectivity index (χ1) is 7.93. The third-order valence-corrected chi connectivity index (χ3v) is 4.19. The zero-order valence-corrected chi connectivity index (χ0v) is 10.9. The number of aryl methyl sites for hydroxylation is 2. The van der Waals surface area contributed by atoms with E-state index >= 15 is 0 Å². The third kappa shape index (κ3) is 2.83. The number of rotatable bonds is 6. The van der Waals surface area contributed by atoms with Crippen LogP contribution in [-0.4, -0.2) is 35.6 Å². The largest absolute Gasteiger partial charge is 0.274 e. The first-order valence-electron chi connectivity index (χ1n) is 5.15. The summed E-state index contributed by atoms with van der Waals surface area (Å²) in [6.45, 7) is 9.29. The number of hydrogen-bond donors (Lipinski definition) is 0. The van der Waals surface area contributed by atoms with Crippen LogP contribution in [0.3, 0.4) is 0 Å². The SMILES string of the molecule is C=CCN(CC=C)S(=O)(=O)c1cn(C)nc1C. The Kier molecular flexibility index (Phi) is 4.25. The quantitative estimate of drug-likeness (QED) is 0.715. The highest BCUT2D eigenvalue weighted by Gasteiger charge is 2.26. The molecule has 0 saturated carbocycles. The van der Waals surface area contributed by atoms with Crippen molar-refractivity contribution in [3.8, 4) is 0 Å². The summed E-state index contributed by atoms with van der Waals surface area (Å²) in [7, 11) is -1.84. The summed E-state index contributed by atoms with van der Waals surface area (Å²) in [5.41, 5.74) is 0.491. The van der Waals surface area contributed by atoms with E-state index in [4.69, 9.17) is 0 Å². The highest BCUT2D eigenvalue weighted by molar-refractivity contribution is 7.89. The molecule has 1 heterocycles. The second-order valence-corrected chi connectivity index (χ2v) is 5.56. The molecule has 6 heteroatoms. The van der Waals surface area contributed by atoms with Crippen LogP contribution in [-0.2, 0) is 17.1 Å². The number of aromatic nitrogens is 2. The Hall–Kier alpha value is -1.40. The van der Waals surface area contributed by atoms with Gasteiger partial charge in [-0.2, -0.15) is 9.40 Å². The average molecular weight is 255 g/mol. The van der Waals surface area contributed by atoms with Gasteiger partial charge in [-0.05, 0) is 6.92 Å². The zero-order chi connectivity index (χ0) is 13.1. The van der Waals surface area contributed by atoms with Crippen molar-refractivity contribution < 1.29 is 8.42 Å². The molecule has 94 valence electrons. The molecule has 1 rings (SSSR count). The molecule has 0 aromatic carbocycles. The van der Waals surface area contributed by atoms with Crippen molar-refractivity contribution in [2.75, 3.05) is 13.1 Å². The van der Waals surface area contributed by atoms with Gasteiger partial charge in [0.1, 0.15) is 4.90 Å². The maximum atomic E-state index is 12.3. The zero-order valence-electron chi connectivity index (χ0n) is 10.1. The second kappa shape index (κ2) is 5.29. The Morgan fingerprint density at radius 2 is 1.94 bits per heavy atom. The van der Waals surface area contributed by atoms with Crippen molar-refractivity contribution in [2.45, 2.75) is 11.8 Å². The molecule has 0 fully saturated rings. The highest BCUT2D eigenvalue weighted by Crippen LogP contribution is 2.18. The smallest absolute Gasteiger partial charge is 0.247 e. The lowest BCUT2D eigenvalue weighted by Crippen LogP contribution is -2.31. The third-order valence-electron chi connectivity index (χ3n) is 2.25. The molecular weight excluding hydrogens is 238 g/mol. The summed E-state index contributed by atoms with van der Waals surface area (Å²) in [6.07, 6.45) is 4.60. The predicted molar refractivity (Wildman–Crippen MR) is 67.1 cm³/mol. The van der Waals surface area contributed by atoms with Gasteiger partial charge >= 0.3 is 0 Å². The molecule has 5 nitrogen and oxygen atoms in total. The molecule has 0 aliphatic heterocycles. The van der Waals surface area contributed by atoms with Gasteiger partial charge in [0.15, 0.2) is 0 Å². The molecule has 0 radical (unpaired) electrons. The van der Waals surface area contributed by atoms with Crippen molar-refractivity contribution in [3.05, 3.63) is 37.2 Å². The van der Waals surface area contributed by atoms with Crippen molar-refractivity contribution in [1.82, 2.24) is 14.1 Å². The summed E-state index contributed by atoms with van der Waals surface area (Å²) in [5, 5.41) is 4.04. The summed E-state index contributed by atoms with van der Waals surface area (Å²) >= 11 is 0. The monoisotopic (exact) mass is 255 g/mol. The molecule has 0 bridgehead atoms. The Bertz CT molecular complexity index is 507. The molecular formula is C11H17N3O2S. The summed E-state index contributed by atoms with van der Waals surface area (Å²) in [6, 6.07) is 0. The van der Waals surface area contributed by atoms with Gasteiger partial charge < -0.3 is 0 Å². The van der Waals surface area contributed by atoms with Gasteiger partial charge in [0.05, 0.1) is 5.69 Å². The van der Waals surface area contributed by atoms with Gasteiger partial charge in [0.2, 0.25) is 10.0 Å². The standard InChI is InChI=1S/C11H17N3O2S/c1-5-7-14(8-6-2)17(15,16)11-9-13(4)12-10(11)3/h5-6,9H,1-2,7-8H2,3-4H3. The van der Waals surface area contributed by atoms with E-state index in [9.17, 15) is 8.42 Å². The van der Waals surface area contributed by atoms with Crippen LogP contribution in [0, 0.1) is 6.92 Å². The van der Waals surface area contributed by atoms with Crippen LogP contribution in [0.25, 0.3) is 0 Å². The fourth-order valence-corrected chi connectivity index (χ4v) is 3.11. The Labute approximate surface area is 102 Å². The average Bonchev–Trinajstić information content (AvgIpc) is 2.58. The van der Waals surface area contributed by atoms with Crippen LogP contribution in [0.1, 0.15) is 5.69 Å². The molecule has 0 saturated heterocycles. The van der Waals surface area contributed by atoms with Crippen LogP contribution in [0.5, 0.6) is 0 Å². The van der Waals surface area contributed by atoms with E-state index in [1.54, 1.807) is 26.1 Å². The molecule has 0 amide bonds. The van der Waals surface area contributed by atoms with E-state index in [2.05, 4.69) is 18.3 Å². The topological polar surface area (TPSA) is 55.2 Å². The molecule has 1 aromatic heterocycles. The molecule has 1 aromatic rings. The van der Waals surface area contributed by atoms with Crippen molar-refractivity contribution in [2.24, 2.45) is 7.05 Å². The molecule has 0 aliphatic rings. The van der Waals surface area contributed by atoms with Crippen molar-refractivity contribution in [3.63, 3.8) is 0 Å². The van der Waals surface area contributed by atoms with Gasteiger partial charge in [-0.25, -0.2) is 8.42 Å². The van der Waals surface area contributed by atoms with Gasteiger partial charge in [0, 0.05) is 26.3 Å². The molecule has 0 aliphatic carbocycles. The normalized spacial score (nSPS) is 11.7. The van der Waals surface area contributed by atoms with Crippen molar-refractivity contribution >= 4 is 10.0 Å². The molecule has 0 unspecified atom stereocenters. The Morgan fingerprint density at radius 1 is 1.41 bits per heavy atom. The van der Waals surface area contributed by atoms with Gasteiger partial charge in [-0.1, -0.05) is 12.2 Å². The Morgan fingerprint density at radius 3 is 2.29 bits per heavy atom. The maximum absolute atomic E-state index is 12.3. The first-order valence-corrected chi connectivity index (χ1v) is 6.59. The lowest BCUT2D eigenvalue weighted by atomic mass is 10.5. The maximum Gasteiger partial charge on any atom is 0.247 e. The minimum Gasteiger partial charge on any atom is -0.274 e. The fraction of sp³-hybridized carbons (Fsp3) is 0.364. The van der Waals surface area contributed by atoms with Crippen LogP contribution in [0.2, 0.25) is 0 Å². The highest BCUT2D eigenvalue weighted by atomic mass is 32.2. The summed E-state index contributed by atoms with van der Waals surface area (Å²) in [4.78, 5) is 0.226. The molecule has 0 N–H and O–H groups in total. The van der Waals surface area contributed by atoms with E-state index < -0.39 is 10.0 Å². The van der Waals surface area contributed by atoms with Crippen LogP contribution in [0.15, 0.2) is 36.4 Å². The number of hydrogen-bond acceptors (Lipinski definition) is 3. The van der Waals surface area contributed by atoms with Crippen molar-refractivity contribution in [1.29, 1.82) is 0 Å². The number of sulfonamides is 1. The molecule has 0 spiro atoms. The minimum atomic E-state index is -3.53. The van der Waals surface area contributed by atoms with Crippen LogP contribution in [0.4, 0.5) is 0 Å². The summed E-state index contributed by atoms with van der Waals surface area (Å²) in [5.74, 6) is 0. The minimum absolute atomic E-state index is 0.226. The van der Waals surface area contributed by atoms with Crippen LogP contribution >= 0.6 is 0 Å². The fourth-order valence-electron chi connectivity index (χ4n) is 1.53. The lowest BCUT2D eigenvalue weighted by molar-refractivity contribution is 0.473. The number of nitrogens with zero attached hydrogens (tertiary/aromatic N) is 3. The second-order valence-electron chi connectivity index (χ2n) is 3.65. The predicted octanol–water partition coefficient (Wildman–Crippen LogP) is 1.09. The van der Waals surface area contributed by atoms with Gasteiger partial charge in [-0.3, -0.25) is 4.68 Å². The van der Waals surface area contributed by atoms with Gasteiger partial charge in [-0.15, -0.1) is 13.2 Å². The first kappa shape index (κ1) is 13.7. The molecule has 0 atom stereocenters. The lowest BCUT2D eigenvalue weighted by Gasteiger charge is -2.18. The van der Waals surface area contributed by atoms with E-state index in [0.29, 0.717) is 5.69 Å². The van der Waals surface area contributed by atoms with Gasteiger partial charge in [0.25, 0.3) is 0 Å².